The molecule has 0 aliphatic carbocycles. The highest BCUT2D eigenvalue weighted by atomic mass is 16.6. The first-order valence-corrected chi connectivity index (χ1v) is 10.8. The van der Waals surface area contributed by atoms with Crippen molar-refractivity contribution >= 4 is 28.9 Å². The van der Waals surface area contributed by atoms with Crippen molar-refractivity contribution in [1.82, 2.24) is 0 Å². The number of carbonyl (C=O) groups is 2. The SMILES string of the molecule is CC(Oc1ccc([N+](=O)[O-])cc1)C(=O)Nc1ccc(NC(=O)c2ccc(C(C)(C)C)cc2)cc1. The second-order valence-electron chi connectivity index (χ2n) is 8.86. The fraction of sp³-hybridized carbons (Fsp3) is 0.231. The number of nitrogens with zero attached hydrogens (tertiary/aromatic N) is 1. The van der Waals surface area contributed by atoms with E-state index in [1.165, 1.54) is 24.3 Å². The lowest BCUT2D eigenvalue weighted by molar-refractivity contribution is -0.384. The number of hydrogen-bond acceptors (Lipinski definition) is 5. The highest BCUT2D eigenvalue weighted by Gasteiger charge is 2.17. The lowest BCUT2D eigenvalue weighted by Gasteiger charge is -2.19. The lowest BCUT2D eigenvalue weighted by Crippen LogP contribution is -2.30. The maximum absolute atomic E-state index is 12.5. The molecule has 176 valence electrons. The Balaban J connectivity index is 1.54. The molecule has 1 atom stereocenters. The fourth-order valence-electron chi connectivity index (χ4n) is 3.11. The van der Waals surface area contributed by atoms with E-state index in [2.05, 4.69) is 31.4 Å². The molecule has 34 heavy (non-hydrogen) atoms. The molecule has 1 unspecified atom stereocenters. The van der Waals surface area contributed by atoms with Gasteiger partial charge in [-0.15, -0.1) is 0 Å². The quantitative estimate of drug-likeness (QED) is 0.354. The van der Waals surface area contributed by atoms with Crippen molar-refractivity contribution in [2.24, 2.45) is 0 Å². The summed E-state index contributed by atoms with van der Waals surface area (Å²) in [6.45, 7) is 7.93. The summed E-state index contributed by atoms with van der Waals surface area (Å²) < 4.78 is 5.55. The minimum absolute atomic E-state index is 0.0136. The first-order chi connectivity index (χ1) is 16.0. The molecule has 3 rings (SSSR count). The van der Waals surface area contributed by atoms with E-state index in [0.717, 1.165) is 5.56 Å². The molecule has 0 saturated carbocycles. The lowest BCUT2D eigenvalue weighted by atomic mass is 9.87. The van der Waals surface area contributed by atoms with E-state index in [1.54, 1.807) is 43.3 Å². The van der Waals surface area contributed by atoms with Gasteiger partial charge in [0.2, 0.25) is 0 Å². The van der Waals surface area contributed by atoms with E-state index in [-0.39, 0.29) is 22.9 Å². The van der Waals surface area contributed by atoms with Gasteiger partial charge in [-0.3, -0.25) is 19.7 Å². The number of amides is 2. The number of hydrogen-bond donors (Lipinski definition) is 2. The predicted molar refractivity (Wildman–Crippen MR) is 131 cm³/mol. The number of nitro benzene ring substituents is 1. The van der Waals surface area contributed by atoms with E-state index in [9.17, 15) is 19.7 Å². The van der Waals surface area contributed by atoms with Crippen molar-refractivity contribution in [2.45, 2.75) is 39.2 Å². The summed E-state index contributed by atoms with van der Waals surface area (Å²) in [6, 6.07) is 19.7. The van der Waals surface area contributed by atoms with Crippen molar-refractivity contribution in [2.75, 3.05) is 10.6 Å². The van der Waals surface area contributed by atoms with Gasteiger partial charge >= 0.3 is 0 Å². The van der Waals surface area contributed by atoms with Crippen LogP contribution in [0.1, 0.15) is 43.6 Å². The molecule has 8 heteroatoms. The topological polar surface area (TPSA) is 111 Å². The van der Waals surface area contributed by atoms with Crippen molar-refractivity contribution in [3.63, 3.8) is 0 Å². The average molecular weight is 462 g/mol. The molecule has 2 amide bonds. The summed E-state index contributed by atoms with van der Waals surface area (Å²) in [7, 11) is 0. The van der Waals surface area contributed by atoms with E-state index >= 15 is 0 Å². The van der Waals surface area contributed by atoms with Gasteiger partial charge in [0.25, 0.3) is 17.5 Å². The summed E-state index contributed by atoms with van der Waals surface area (Å²) in [6.07, 6.45) is -0.822. The average Bonchev–Trinajstić information content (AvgIpc) is 2.80. The Labute approximate surface area is 198 Å². The summed E-state index contributed by atoms with van der Waals surface area (Å²) in [4.78, 5) is 35.2. The van der Waals surface area contributed by atoms with Gasteiger partial charge < -0.3 is 15.4 Å². The van der Waals surface area contributed by atoms with Gasteiger partial charge in [0.05, 0.1) is 4.92 Å². The number of nitro groups is 1. The van der Waals surface area contributed by atoms with Crippen molar-refractivity contribution < 1.29 is 19.2 Å². The van der Waals surface area contributed by atoms with Crippen LogP contribution in [0.3, 0.4) is 0 Å². The van der Waals surface area contributed by atoms with E-state index in [1.807, 2.05) is 12.1 Å². The number of ether oxygens (including phenoxy) is 1. The molecular weight excluding hydrogens is 434 g/mol. The van der Waals surface area contributed by atoms with Gasteiger partial charge in [0, 0.05) is 29.1 Å². The molecule has 0 heterocycles. The molecule has 0 radical (unpaired) electrons. The van der Waals surface area contributed by atoms with Crippen LogP contribution in [-0.2, 0) is 10.2 Å². The van der Waals surface area contributed by atoms with Crippen LogP contribution in [0.2, 0.25) is 0 Å². The van der Waals surface area contributed by atoms with Gasteiger partial charge in [-0.25, -0.2) is 0 Å². The molecule has 0 fully saturated rings. The summed E-state index contributed by atoms with van der Waals surface area (Å²) in [5.74, 6) is -0.252. The number of nitrogens with one attached hydrogen (secondary N) is 2. The first-order valence-electron chi connectivity index (χ1n) is 10.8. The standard InChI is InChI=1S/C26H27N3O5/c1-17(34-23-15-13-22(14-16-23)29(32)33)24(30)27-20-9-11-21(12-10-20)28-25(31)18-5-7-19(8-6-18)26(2,3)4/h5-17H,1-4H3,(H,27,30)(H,28,31). The maximum atomic E-state index is 12.5. The molecule has 2 N–H and O–H groups in total. The third-order valence-electron chi connectivity index (χ3n) is 5.15. The number of carbonyl (C=O) groups excluding carboxylic acids is 2. The highest BCUT2D eigenvalue weighted by molar-refractivity contribution is 6.04. The van der Waals surface area contributed by atoms with Crippen LogP contribution < -0.4 is 15.4 Å². The molecule has 0 aromatic heterocycles. The normalized spacial score (nSPS) is 11.9. The zero-order chi connectivity index (χ0) is 24.9. The Morgan fingerprint density at radius 2 is 1.38 bits per heavy atom. The Kier molecular flexibility index (Phi) is 7.31. The van der Waals surface area contributed by atoms with Crippen molar-refractivity contribution in [3.05, 3.63) is 94.0 Å². The number of benzene rings is 3. The number of rotatable bonds is 7. The molecule has 3 aromatic rings. The summed E-state index contributed by atoms with van der Waals surface area (Å²) in [5.41, 5.74) is 2.80. The molecule has 0 spiro atoms. The van der Waals surface area contributed by atoms with Crippen LogP contribution >= 0.6 is 0 Å². The van der Waals surface area contributed by atoms with Crippen LogP contribution in [0.5, 0.6) is 5.75 Å². The van der Waals surface area contributed by atoms with Gasteiger partial charge in [-0.05, 0) is 66.4 Å². The van der Waals surface area contributed by atoms with Gasteiger partial charge in [-0.1, -0.05) is 32.9 Å². The van der Waals surface area contributed by atoms with E-state index in [4.69, 9.17) is 4.74 Å². The zero-order valence-electron chi connectivity index (χ0n) is 19.5. The zero-order valence-corrected chi connectivity index (χ0v) is 19.5. The molecule has 8 nitrogen and oxygen atoms in total. The van der Waals surface area contributed by atoms with Gasteiger partial charge in [-0.2, -0.15) is 0 Å². The summed E-state index contributed by atoms with van der Waals surface area (Å²) in [5, 5.41) is 16.3. The second kappa shape index (κ2) is 10.2. The Bertz CT molecular complexity index is 1170. The minimum atomic E-state index is -0.822. The van der Waals surface area contributed by atoms with Crippen LogP contribution in [0.25, 0.3) is 0 Å². The maximum Gasteiger partial charge on any atom is 0.269 e. The molecular formula is C26H27N3O5. The fourth-order valence-corrected chi connectivity index (χ4v) is 3.11. The van der Waals surface area contributed by atoms with Crippen LogP contribution in [0, 0.1) is 10.1 Å². The van der Waals surface area contributed by atoms with Crippen LogP contribution in [0.4, 0.5) is 17.1 Å². The number of non-ortho nitro benzene ring substituents is 1. The third-order valence-corrected chi connectivity index (χ3v) is 5.15. The summed E-state index contributed by atoms with van der Waals surface area (Å²) >= 11 is 0. The van der Waals surface area contributed by atoms with Crippen molar-refractivity contribution in [1.29, 1.82) is 0 Å². The Morgan fingerprint density at radius 3 is 1.88 bits per heavy atom. The first kappa shape index (κ1) is 24.4. The smallest absolute Gasteiger partial charge is 0.269 e. The predicted octanol–water partition coefficient (Wildman–Crippen LogP) is 5.55. The van der Waals surface area contributed by atoms with E-state index in [0.29, 0.717) is 22.7 Å². The molecule has 0 bridgehead atoms. The molecule has 0 aliphatic rings. The van der Waals surface area contributed by atoms with Gasteiger partial charge in [0.15, 0.2) is 6.10 Å². The Hall–Kier alpha value is -4.20. The second-order valence-corrected chi connectivity index (χ2v) is 8.86. The van der Waals surface area contributed by atoms with Gasteiger partial charge in [0.1, 0.15) is 5.75 Å². The molecule has 0 aliphatic heterocycles. The highest BCUT2D eigenvalue weighted by Crippen LogP contribution is 2.23. The third kappa shape index (κ3) is 6.41. The minimum Gasteiger partial charge on any atom is -0.481 e. The molecule has 0 saturated heterocycles. The largest absolute Gasteiger partial charge is 0.481 e. The van der Waals surface area contributed by atoms with Crippen molar-refractivity contribution in [3.8, 4) is 5.75 Å². The van der Waals surface area contributed by atoms with Crippen LogP contribution in [-0.4, -0.2) is 22.8 Å². The van der Waals surface area contributed by atoms with E-state index < -0.39 is 11.0 Å². The monoisotopic (exact) mass is 461 g/mol. The Morgan fingerprint density at radius 1 is 0.853 bits per heavy atom. The molecule has 3 aromatic carbocycles. The van der Waals surface area contributed by atoms with Crippen LogP contribution in [0.15, 0.2) is 72.8 Å². The number of anilines is 2.